The zero-order valence-corrected chi connectivity index (χ0v) is 6.09. The first kappa shape index (κ1) is 8.43. The van der Waals surface area contributed by atoms with Crippen LogP contribution in [0, 0.1) is 0 Å². The van der Waals surface area contributed by atoms with Gasteiger partial charge in [-0.05, 0) is 13.3 Å². The highest BCUT2D eigenvalue weighted by Gasteiger charge is 2.00. The quantitative estimate of drug-likeness (QED) is 0.419. The van der Waals surface area contributed by atoms with E-state index < -0.39 is 0 Å². The maximum absolute atomic E-state index is 5.55. The fourth-order valence-electron chi connectivity index (χ4n) is 0.509. The molecule has 3 heteroatoms. The van der Waals surface area contributed by atoms with Crippen LogP contribution in [0.1, 0.15) is 20.3 Å². The van der Waals surface area contributed by atoms with E-state index in [1.54, 1.807) is 0 Å². The molecule has 0 amide bonds. The third kappa shape index (κ3) is 3.08. The van der Waals surface area contributed by atoms with Crippen LogP contribution in [0.5, 0.6) is 0 Å². The molecule has 0 rings (SSSR count). The number of nitrogens with zero attached hydrogens (tertiary/aromatic N) is 1. The van der Waals surface area contributed by atoms with Crippen molar-refractivity contribution in [3.05, 3.63) is 0 Å². The number of hydrogen-bond acceptors (Lipinski definition) is 2. The third-order valence-electron chi connectivity index (χ3n) is 1.16. The summed E-state index contributed by atoms with van der Waals surface area (Å²) >= 11 is 0. The molecule has 3 nitrogen and oxygen atoms in total. The summed E-state index contributed by atoms with van der Waals surface area (Å²) in [6, 6.07) is -0.0510. The second kappa shape index (κ2) is 4.32. The van der Waals surface area contributed by atoms with Gasteiger partial charge in [0, 0.05) is 6.54 Å². The fourth-order valence-corrected chi connectivity index (χ4v) is 0.509. The molecule has 0 spiro atoms. The molecule has 1 unspecified atom stereocenters. The predicted molar refractivity (Wildman–Crippen MR) is 40.4 cm³/mol. The minimum Gasteiger partial charge on any atom is -0.386 e. The van der Waals surface area contributed by atoms with Gasteiger partial charge in [-0.2, -0.15) is 0 Å². The molecule has 0 saturated carbocycles. The van der Waals surface area contributed by atoms with Gasteiger partial charge in [0.1, 0.15) is 5.84 Å². The molecule has 0 heterocycles. The van der Waals surface area contributed by atoms with E-state index in [1.165, 1.54) is 0 Å². The van der Waals surface area contributed by atoms with E-state index in [2.05, 4.69) is 4.99 Å². The number of hydrogen-bond donors (Lipinski definition) is 2. The molecular formula is C6H15N3. The van der Waals surface area contributed by atoms with E-state index >= 15 is 0 Å². The average molecular weight is 129 g/mol. The van der Waals surface area contributed by atoms with Crippen molar-refractivity contribution >= 4 is 5.84 Å². The van der Waals surface area contributed by atoms with Crippen molar-refractivity contribution in [3.8, 4) is 0 Å². The highest BCUT2D eigenvalue weighted by atomic mass is 14.9. The maximum atomic E-state index is 5.55. The largest absolute Gasteiger partial charge is 0.386 e. The standard InChI is InChI=1S/C6H15N3/c1-3-5(7)6(8)9-4-2/h5H,3-4,7H2,1-2H3,(H2,8,9). The number of amidine groups is 1. The number of nitrogens with two attached hydrogens (primary N) is 2. The van der Waals surface area contributed by atoms with Gasteiger partial charge in [0.15, 0.2) is 0 Å². The summed E-state index contributed by atoms with van der Waals surface area (Å²) in [5, 5.41) is 0. The molecule has 0 aliphatic heterocycles. The predicted octanol–water partition coefficient (Wildman–Crippen LogP) is 0.101. The Morgan fingerprint density at radius 2 is 2.11 bits per heavy atom. The topological polar surface area (TPSA) is 64.4 Å². The second-order valence-electron chi connectivity index (χ2n) is 1.91. The summed E-state index contributed by atoms with van der Waals surface area (Å²) in [6.45, 7) is 4.65. The Kier molecular flexibility index (Phi) is 4.05. The molecule has 0 saturated heterocycles. The molecule has 1 atom stereocenters. The zero-order chi connectivity index (χ0) is 7.28. The Hall–Kier alpha value is -0.570. The van der Waals surface area contributed by atoms with E-state index in [0.29, 0.717) is 5.84 Å². The maximum Gasteiger partial charge on any atom is 0.111 e. The molecule has 0 bridgehead atoms. The minimum absolute atomic E-state index is 0.0510. The molecule has 0 fully saturated rings. The van der Waals surface area contributed by atoms with Gasteiger partial charge in [0.05, 0.1) is 6.04 Å². The van der Waals surface area contributed by atoms with Crippen molar-refractivity contribution in [2.75, 3.05) is 6.54 Å². The van der Waals surface area contributed by atoms with Crippen LogP contribution in [0.15, 0.2) is 4.99 Å². The van der Waals surface area contributed by atoms with Crippen LogP contribution in [0.25, 0.3) is 0 Å². The SMILES string of the molecule is CCN=C(N)C(N)CC. The van der Waals surface area contributed by atoms with Crippen LogP contribution in [-0.4, -0.2) is 18.4 Å². The van der Waals surface area contributed by atoms with Gasteiger partial charge in [0.25, 0.3) is 0 Å². The first-order chi connectivity index (χ1) is 4.22. The van der Waals surface area contributed by atoms with Gasteiger partial charge in [-0.3, -0.25) is 4.99 Å². The van der Waals surface area contributed by atoms with Crippen LogP contribution < -0.4 is 11.5 Å². The number of rotatable bonds is 3. The Morgan fingerprint density at radius 1 is 1.56 bits per heavy atom. The van der Waals surface area contributed by atoms with E-state index in [0.717, 1.165) is 13.0 Å². The van der Waals surface area contributed by atoms with Gasteiger partial charge in [-0.1, -0.05) is 6.92 Å². The van der Waals surface area contributed by atoms with Crippen LogP contribution in [0.3, 0.4) is 0 Å². The molecular weight excluding hydrogens is 114 g/mol. The second-order valence-corrected chi connectivity index (χ2v) is 1.91. The fraction of sp³-hybridized carbons (Fsp3) is 0.833. The normalized spacial score (nSPS) is 15.7. The summed E-state index contributed by atoms with van der Waals surface area (Å²) in [6.07, 6.45) is 0.856. The van der Waals surface area contributed by atoms with Crippen LogP contribution in [-0.2, 0) is 0 Å². The highest BCUT2D eigenvalue weighted by Crippen LogP contribution is 1.85. The van der Waals surface area contributed by atoms with Gasteiger partial charge in [-0.25, -0.2) is 0 Å². The highest BCUT2D eigenvalue weighted by molar-refractivity contribution is 5.85. The smallest absolute Gasteiger partial charge is 0.111 e. The first-order valence-corrected chi connectivity index (χ1v) is 3.27. The van der Waals surface area contributed by atoms with Crippen molar-refractivity contribution in [1.29, 1.82) is 0 Å². The lowest BCUT2D eigenvalue weighted by Gasteiger charge is -2.05. The van der Waals surface area contributed by atoms with E-state index in [9.17, 15) is 0 Å². The average Bonchev–Trinajstić information content (AvgIpc) is 1.87. The molecule has 0 aromatic rings. The summed E-state index contributed by atoms with van der Waals surface area (Å²) in [4.78, 5) is 3.96. The lowest BCUT2D eigenvalue weighted by molar-refractivity contribution is 0.806. The summed E-state index contributed by atoms with van der Waals surface area (Å²) in [5.41, 5.74) is 11.0. The van der Waals surface area contributed by atoms with E-state index in [1.807, 2.05) is 13.8 Å². The van der Waals surface area contributed by atoms with Crippen LogP contribution >= 0.6 is 0 Å². The van der Waals surface area contributed by atoms with Crippen LogP contribution in [0.4, 0.5) is 0 Å². The van der Waals surface area contributed by atoms with Gasteiger partial charge in [0.2, 0.25) is 0 Å². The zero-order valence-electron chi connectivity index (χ0n) is 6.09. The molecule has 9 heavy (non-hydrogen) atoms. The molecule has 0 aliphatic carbocycles. The van der Waals surface area contributed by atoms with E-state index in [-0.39, 0.29) is 6.04 Å². The Balaban J connectivity index is 3.70. The lowest BCUT2D eigenvalue weighted by atomic mass is 10.2. The molecule has 0 radical (unpaired) electrons. The van der Waals surface area contributed by atoms with E-state index in [4.69, 9.17) is 11.5 Å². The van der Waals surface area contributed by atoms with Crippen molar-refractivity contribution in [2.24, 2.45) is 16.5 Å². The molecule has 4 N–H and O–H groups in total. The van der Waals surface area contributed by atoms with Gasteiger partial charge < -0.3 is 11.5 Å². The van der Waals surface area contributed by atoms with Crippen molar-refractivity contribution in [2.45, 2.75) is 26.3 Å². The van der Waals surface area contributed by atoms with Crippen molar-refractivity contribution < 1.29 is 0 Å². The Bertz CT molecular complexity index is 98.5. The monoisotopic (exact) mass is 129 g/mol. The lowest BCUT2D eigenvalue weighted by Crippen LogP contribution is -2.36. The summed E-state index contributed by atoms with van der Waals surface area (Å²) < 4.78 is 0. The Labute approximate surface area is 56.1 Å². The number of aliphatic imine (C=N–C) groups is 1. The van der Waals surface area contributed by atoms with Crippen LogP contribution in [0.2, 0.25) is 0 Å². The van der Waals surface area contributed by atoms with Crippen molar-refractivity contribution in [3.63, 3.8) is 0 Å². The van der Waals surface area contributed by atoms with Crippen molar-refractivity contribution in [1.82, 2.24) is 0 Å². The van der Waals surface area contributed by atoms with Gasteiger partial charge in [-0.15, -0.1) is 0 Å². The van der Waals surface area contributed by atoms with Gasteiger partial charge >= 0.3 is 0 Å². The molecule has 0 aromatic heterocycles. The molecule has 0 aromatic carbocycles. The minimum atomic E-state index is -0.0510. The molecule has 0 aliphatic rings. The molecule has 54 valence electrons. The summed E-state index contributed by atoms with van der Waals surface area (Å²) in [5.74, 6) is 0.569. The summed E-state index contributed by atoms with van der Waals surface area (Å²) in [7, 11) is 0. The first-order valence-electron chi connectivity index (χ1n) is 3.27. The third-order valence-corrected chi connectivity index (χ3v) is 1.16. The Morgan fingerprint density at radius 3 is 2.44 bits per heavy atom.